The molecule has 4 heterocycles. The average Bonchev–Trinajstić information content (AvgIpc) is 3.55. The Bertz CT molecular complexity index is 1680. The molecule has 9 nitrogen and oxygen atoms in total. The van der Waals surface area contributed by atoms with E-state index < -0.39 is 0 Å². The minimum Gasteiger partial charge on any atom is -0.448 e. The van der Waals surface area contributed by atoms with Gasteiger partial charge in [-0.25, -0.2) is 23.9 Å². The molecule has 2 N–H and O–H groups in total. The third kappa shape index (κ3) is 4.64. The third-order valence-electron chi connectivity index (χ3n) is 6.76. The van der Waals surface area contributed by atoms with Crippen molar-refractivity contribution in [3.05, 3.63) is 82.4 Å². The number of fused-ring (bicyclic) bond motifs is 1. The van der Waals surface area contributed by atoms with Crippen LogP contribution in [0.5, 0.6) is 0 Å². The van der Waals surface area contributed by atoms with Gasteiger partial charge in [-0.05, 0) is 61.2 Å². The Labute approximate surface area is 217 Å². The average molecular weight is 515 g/mol. The standard InChI is InChI=1S/C28H27FN6O3/c1-16-26(32-15-38-16)22-11-19(29)5-6-21(22)18-9-23(17-3-4-17)34-25(10-18)35-14-31-24-12-20(13-30-7-8-37-2)33-27(24)28(35)36/h5-6,9-12,14-15,17,30,33H,3-4,7-8,13H2,1-2H3. The summed E-state index contributed by atoms with van der Waals surface area (Å²) in [5.74, 6) is 1.02. The maximum Gasteiger partial charge on any atom is 0.283 e. The van der Waals surface area contributed by atoms with Gasteiger partial charge in [-0.1, -0.05) is 6.07 Å². The number of benzene rings is 1. The van der Waals surface area contributed by atoms with E-state index in [9.17, 15) is 9.18 Å². The summed E-state index contributed by atoms with van der Waals surface area (Å²) in [4.78, 5) is 30.4. The molecule has 1 fully saturated rings. The molecule has 5 aromatic rings. The lowest BCUT2D eigenvalue weighted by Gasteiger charge is -2.13. The van der Waals surface area contributed by atoms with Gasteiger partial charge in [-0.3, -0.25) is 4.79 Å². The first-order valence-corrected chi connectivity index (χ1v) is 12.5. The zero-order valence-electron chi connectivity index (χ0n) is 21.1. The van der Waals surface area contributed by atoms with Crippen molar-refractivity contribution in [2.45, 2.75) is 32.2 Å². The minimum atomic E-state index is -0.368. The summed E-state index contributed by atoms with van der Waals surface area (Å²) < 4.78 is 26.2. The largest absolute Gasteiger partial charge is 0.448 e. The van der Waals surface area contributed by atoms with E-state index in [1.54, 1.807) is 20.1 Å². The van der Waals surface area contributed by atoms with E-state index in [1.807, 2.05) is 18.2 Å². The Morgan fingerprint density at radius 1 is 1.18 bits per heavy atom. The van der Waals surface area contributed by atoms with Crippen LogP contribution in [-0.2, 0) is 11.3 Å². The zero-order chi connectivity index (χ0) is 26.2. The molecule has 1 aliphatic rings. The Hall–Kier alpha value is -4.15. The van der Waals surface area contributed by atoms with Crippen LogP contribution in [-0.4, -0.2) is 44.8 Å². The number of aromatic nitrogens is 5. The summed E-state index contributed by atoms with van der Waals surface area (Å²) >= 11 is 0. The van der Waals surface area contributed by atoms with Gasteiger partial charge in [0.05, 0.1) is 12.1 Å². The van der Waals surface area contributed by atoms with Crippen LogP contribution in [0.25, 0.3) is 39.2 Å². The molecule has 0 atom stereocenters. The minimum absolute atomic E-state index is 0.240. The number of halogens is 1. The van der Waals surface area contributed by atoms with E-state index in [4.69, 9.17) is 14.1 Å². The third-order valence-corrected chi connectivity index (χ3v) is 6.76. The molecule has 1 aliphatic carbocycles. The first-order valence-electron chi connectivity index (χ1n) is 12.5. The molecule has 6 rings (SSSR count). The molecule has 0 amide bonds. The molecule has 0 bridgehead atoms. The highest BCUT2D eigenvalue weighted by molar-refractivity contribution is 5.83. The van der Waals surface area contributed by atoms with E-state index in [0.717, 1.165) is 35.4 Å². The number of hydrogen-bond acceptors (Lipinski definition) is 7. The fraction of sp³-hybridized carbons (Fsp3) is 0.286. The number of nitrogens with zero attached hydrogens (tertiary/aromatic N) is 4. The summed E-state index contributed by atoms with van der Waals surface area (Å²) in [7, 11) is 1.65. The van der Waals surface area contributed by atoms with Crippen LogP contribution < -0.4 is 10.9 Å². The molecule has 38 heavy (non-hydrogen) atoms. The molecule has 0 aliphatic heterocycles. The second-order valence-corrected chi connectivity index (χ2v) is 9.50. The highest BCUT2D eigenvalue weighted by Gasteiger charge is 2.27. The van der Waals surface area contributed by atoms with Gasteiger partial charge in [-0.2, -0.15) is 0 Å². The summed E-state index contributed by atoms with van der Waals surface area (Å²) in [5, 5.41) is 3.26. The van der Waals surface area contributed by atoms with E-state index >= 15 is 0 Å². The number of pyridine rings is 1. The number of H-pyrrole nitrogens is 1. The number of rotatable bonds is 9. The Morgan fingerprint density at radius 3 is 2.82 bits per heavy atom. The van der Waals surface area contributed by atoms with Crippen LogP contribution >= 0.6 is 0 Å². The highest BCUT2D eigenvalue weighted by atomic mass is 19.1. The van der Waals surface area contributed by atoms with E-state index in [0.29, 0.717) is 59.5 Å². The van der Waals surface area contributed by atoms with Crippen molar-refractivity contribution >= 4 is 11.0 Å². The SMILES string of the molecule is COCCNCc1cc2ncn(-c3cc(-c4ccc(F)cc4-c4ncoc4C)cc(C4CC4)n3)c(=O)c2[nH]1. The van der Waals surface area contributed by atoms with Crippen LogP contribution in [0.2, 0.25) is 0 Å². The maximum atomic E-state index is 14.3. The smallest absolute Gasteiger partial charge is 0.283 e. The Morgan fingerprint density at radius 2 is 2.05 bits per heavy atom. The quantitative estimate of drug-likeness (QED) is 0.279. The normalized spacial score (nSPS) is 13.4. The number of ether oxygens (including phenoxy) is 1. The lowest BCUT2D eigenvalue weighted by molar-refractivity contribution is 0.199. The van der Waals surface area contributed by atoms with Gasteiger partial charge in [-0.15, -0.1) is 0 Å². The van der Waals surface area contributed by atoms with E-state index in [1.165, 1.54) is 29.4 Å². The fourth-order valence-electron chi connectivity index (χ4n) is 4.64. The van der Waals surface area contributed by atoms with Crippen molar-refractivity contribution in [1.82, 2.24) is 29.8 Å². The molecule has 1 aromatic carbocycles. The van der Waals surface area contributed by atoms with Gasteiger partial charge in [0.15, 0.2) is 6.39 Å². The molecular formula is C28H27FN6O3. The zero-order valence-corrected chi connectivity index (χ0v) is 21.1. The van der Waals surface area contributed by atoms with Crippen LogP contribution in [0.3, 0.4) is 0 Å². The second kappa shape index (κ2) is 9.96. The van der Waals surface area contributed by atoms with Crippen molar-refractivity contribution in [3.8, 4) is 28.2 Å². The topological polar surface area (TPSA) is 111 Å². The molecule has 194 valence electrons. The van der Waals surface area contributed by atoms with Gasteiger partial charge in [0.1, 0.15) is 34.9 Å². The van der Waals surface area contributed by atoms with Crippen molar-refractivity contribution < 1.29 is 13.5 Å². The Kier molecular flexibility index (Phi) is 6.34. The van der Waals surface area contributed by atoms with Gasteiger partial charge in [0, 0.05) is 43.1 Å². The van der Waals surface area contributed by atoms with Gasteiger partial charge >= 0.3 is 0 Å². The molecule has 0 unspecified atom stereocenters. The summed E-state index contributed by atoms with van der Waals surface area (Å²) in [5.41, 5.74) is 5.30. The Balaban J connectivity index is 1.44. The van der Waals surface area contributed by atoms with E-state index in [-0.39, 0.29) is 11.4 Å². The summed E-state index contributed by atoms with van der Waals surface area (Å²) in [6, 6.07) is 10.3. The van der Waals surface area contributed by atoms with Crippen LogP contribution in [0.4, 0.5) is 4.39 Å². The molecule has 0 radical (unpaired) electrons. The van der Waals surface area contributed by atoms with Crippen LogP contribution in [0, 0.1) is 12.7 Å². The summed E-state index contributed by atoms with van der Waals surface area (Å²) in [6.07, 6.45) is 4.94. The number of aryl methyl sites for hydroxylation is 1. The van der Waals surface area contributed by atoms with Crippen molar-refractivity contribution in [2.75, 3.05) is 20.3 Å². The molecule has 1 saturated carbocycles. The second-order valence-electron chi connectivity index (χ2n) is 9.50. The van der Waals surface area contributed by atoms with Gasteiger partial charge in [0.2, 0.25) is 0 Å². The number of nitrogens with one attached hydrogen (secondary N) is 2. The first kappa shape index (κ1) is 24.2. The summed E-state index contributed by atoms with van der Waals surface area (Å²) in [6.45, 7) is 3.66. The predicted octanol–water partition coefficient (Wildman–Crippen LogP) is 4.49. The lowest BCUT2D eigenvalue weighted by atomic mass is 9.96. The highest BCUT2D eigenvalue weighted by Crippen LogP contribution is 2.42. The molecule has 0 saturated heterocycles. The molecule has 10 heteroatoms. The van der Waals surface area contributed by atoms with Crippen molar-refractivity contribution in [1.29, 1.82) is 0 Å². The predicted molar refractivity (Wildman–Crippen MR) is 141 cm³/mol. The van der Waals surface area contributed by atoms with E-state index in [2.05, 4.69) is 20.3 Å². The monoisotopic (exact) mass is 514 g/mol. The number of hydrogen-bond donors (Lipinski definition) is 2. The maximum absolute atomic E-state index is 14.3. The number of oxazole rings is 1. The van der Waals surface area contributed by atoms with Crippen LogP contribution in [0.15, 0.2) is 58.3 Å². The number of aromatic amines is 1. The van der Waals surface area contributed by atoms with Crippen molar-refractivity contribution in [2.24, 2.45) is 0 Å². The van der Waals surface area contributed by atoms with Crippen LogP contribution in [0.1, 0.15) is 35.9 Å². The molecular weight excluding hydrogens is 487 g/mol. The van der Waals surface area contributed by atoms with Crippen molar-refractivity contribution in [3.63, 3.8) is 0 Å². The van der Waals surface area contributed by atoms with Gasteiger partial charge in [0.25, 0.3) is 5.56 Å². The first-order chi connectivity index (χ1) is 18.5. The molecule has 0 spiro atoms. The number of methoxy groups -OCH3 is 1. The lowest BCUT2D eigenvalue weighted by Crippen LogP contribution is -2.21. The molecule has 4 aromatic heterocycles. The van der Waals surface area contributed by atoms with Gasteiger partial charge < -0.3 is 19.5 Å². The fourth-order valence-corrected chi connectivity index (χ4v) is 4.64.